The normalized spacial score (nSPS) is 21.9. The molecular formula is C24H27F4N3O2S. The largest absolute Gasteiger partial charge is 0.369 e. The standard InChI is InChI=1S/C24H27F4N3O2S/c25-18-6-3-15(23(32)30-16-12-19(26)22(28)20(27)13-16)11-21(18)34-17-4-1-14(2-5-17)24(33)31-9-7-29-8-10-31/h3,6,11-14,17,23,29-30,32H,1-2,4-5,7-10H2. The third kappa shape index (κ3) is 5.84. The quantitative estimate of drug-likeness (QED) is 0.313. The van der Waals surface area contributed by atoms with Gasteiger partial charge in [0.1, 0.15) is 5.82 Å². The van der Waals surface area contributed by atoms with Crippen LogP contribution in [0.5, 0.6) is 0 Å². The zero-order chi connectivity index (χ0) is 24.2. The third-order valence-corrected chi connectivity index (χ3v) is 7.68. The number of anilines is 1. The van der Waals surface area contributed by atoms with Gasteiger partial charge in [0.05, 0.1) is 0 Å². The van der Waals surface area contributed by atoms with Crippen molar-refractivity contribution in [2.24, 2.45) is 5.92 Å². The maximum Gasteiger partial charge on any atom is 0.225 e. The van der Waals surface area contributed by atoms with Gasteiger partial charge in [0.15, 0.2) is 23.7 Å². The van der Waals surface area contributed by atoms with Crippen LogP contribution in [0.3, 0.4) is 0 Å². The van der Waals surface area contributed by atoms with Crippen molar-refractivity contribution in [3.05, 3.63) is 59.2 Å². The summed E-state index contributed by atoms with van der Waals surface area (Å²) in [7, 11) is 0. The molecule has 34 heavy (non-hydrogen) atoms. The van der Waals surface area contributed by atoms with E-state index in [0.29, 0.717) is 10.5 Å². The topological polar surface area (TPSA) is 64.6 Å². The maximum absolute atomic E-state index is 14.5. The lowest BCUT2D eigenvalue weighted by Crippen LogP contribution is -2.48. The second-order valence-corrected chi connectivity index (χ2v) is 10.00. The summed E-state index contributed by atoms with van der Waals surface area (Å²) in [6.45, 7) is 3.11. The van der Waals surface area contributed by atoms with Crippen molar-refractivity contribution in [1.29, 1.82) is 0 Å². The molecule has 1 atom stereocenters. The predicted molar refractivity (Wildman–Crippen MR) is 122 cm³/mol. The molecule has 2 aliphatic rings. The van der Waals surface area contributed by atoms with Crippen molar-refractivity contribution in [3.8, 4) is 0 Å². The molecule has 0 spiro atoms. The number of benzene rings is 2. The van der Waals surface area contributed by atoms with Crippen LogP contribution < -0.4 is 10.6 Å². The molecule has 10 heteroatoms. The van der Waals surface area contributed by atoms with Gasteiger partial charge < -0.3 is 20.6 Å². The van der Waals surface area contributed by atoms with Crippen molar-refractivity contribution >= 4 is 23.4 Å². The van der Waals surface area contributed by atoms with Crippen LogP contribution in [0.25, 0.3) is 0 Å². The van der Waals surface area contributed by atoms with E-state index in [1.54, 1.807) is 0 Å². The summed E-state index contributed by atoms with van der Waals surface area (Å²) in [5.41, 5.74) is 0.159. The Balaban J connectivity index is 1.36. The van der Waals surface area contributed by atoms with E-state index in [1.807, 2.05) is 4.90 Å². The van der Waals surface area contributed by atoms with Crippen LogP contribution in [0.2, 0.25) is 0 Å². The molecule has 1 heterocycles. The molecular weight excluding hydrogens is 470 g/mol. The molecule has 184 valence electrons. The summed E-state index contributed by atoms with van der Waals surface area (Å²) < 4.78 is 54.5. The fourth-order valence-electron chi connectivity index (χ4n) is 4.41. The smallest absolute Gasteiger partial charge is 0.225 e. The van der Waals surface area contributed by atoms with Crippen LogP contribution in [0.15, 0.2) is 35.2 Å². The molecule has 0 aromatic heterocycles. The number of halogens is 4. The predicted octanol–water partition coefficient (Wildman–Crippen LogP) is 4.43. The van der Waals surface area contributed by atoms with Gasteiger partial charge in [-0.25, -0.2) is 17.6 Å². The molecule has 2 aromatic carbocycles. The molecule has 2 fully saturated rings. The summed E-state index contributed by atoms with van der Waals surface area (Å²) in [4.78, 5) is 15.0. The lowest BCUT2D eigenvalue weighted by atomic mass is 9.87. The number of rotatable bonds is 6. The molecule has 5 nitrogen and oxygen atoms in total. The first-order chi connectivity index (χ1) is 16.3. The number of nitrogens with one attached hydrogen (secondary N) is 2. The van der Waals surface area contributed by atoms with E-state index < -0.39 is 29.5 Å². The number of carbonyl (C=O) groups is 1. The highest BCUT2D eigenvalue weighted by atomic mass is 32.2. The van der Waals surface area contributed by atoms with Gasteiger partial charge in [0.2, 0.25) is 5.91 Å². The number of aliphatic hydroxyl groups excluding tert-OH is 1. The van der Waals surface area contributed by atoms with Gasteiger partial charge in [0, 0.05) is 65.6 Å². The van der Waals surface area contributed by atoms with E-state index in [-0.39, 0.29) is 22.8 Å². The van der Waals surface area contributed by atoms with Crippen LogP contribution in [0.4, 0.5) is 23.2 Å². The summed E-state index contributed by atoms with van der Waals surface area (Å²) in [6, 6.07) is 5.57. The second kappa shape index (κ2) is 11.0. The third-order valence-electron chi connectivity index (χ3n) is 6.30. The first-order valence-electron chi connectivity index (χ1n) is 11.4. The van der Waals surface area contributed by atoms with Gasteiger partial charge >= 0.3 is 0 Å². The maximum atomic E-state index is 14.5. The molecule has 2 aromatic rings. The van der Waals surface area contributed by atoms with Crippen LogP contribution >= 0.6 is 11.8 Å². The fourth-order valence-corrected chi connectivity index (χ4v) is 5.66. The second-order valence-electron chi connectivity index (χ2n) is 8.66. The molecule has 1 saturated heterocycles. The molecule has 0 bridgehead atoms. The highest BCUT2D eigenvalue weighted by Crippen LogP contribution is 2.38. The molecule has 0 radical (unpaired) electrons. The van der Waals surface area contributed by atoms with E-state index in [0.717, 1.165) is 64.0 Å². The van der Waals surface area contributed by atoms with E-state index in [2.05, 4.69) is 10.6 Å². The number of hydrogen-bond acceptors (Lipinski definition) is 5. The lowest BCUT2D eigenvalue weighted by molar-refractivity contribution is -0.137. The number of hydrogen-bond donors (Lipinski definition) is 3. The number of piperazine rings is 1. The van der Waals surface area contributed by atoms with Crippen molar-refractivity contribution in [3.63, 3.8) is 0 Å². The van der Waals surface area contributed by atoms with Crippen LogP contribution in [-0.4, -0.2) is 47.3 Å². The number of aliphatic hydroxyl groups is 1. The fraction of sp³-hybridized carbons (Fsp3) is 0.458. The van der Waals surface area contributed by atoms with E-state index in [9.17, 15) is 27.5 Å². The molecule has 1 aliphatic carbocycles. The zero-order valence-electron chi connectivity index (χ0n) is 18.5. The van der Waals surface area contributed by atoms with Crippen LogP contribution in [-0.2, 0) is 4.79 Å². The lowest BCUT2D eigenvalue weighted by Gasteiger charge is -2.34. The van der Waals surface area contributed by atoms with Gasteiger partial charge in [0.25, 0.3) is 0 Å². The van der Waals surface area contributed by atoms with Gasteiger partial charge in [-0.2, -0.15) is 0 Å². The van der Waals surface area contributed by atoms with Crippen molar-refractivity contribution < 1.29 is 27.5 Å². The molecule has 1 amide bonds. The van der Waals surface area contributed by atoms with Crippen molar-refractivity contribution in [2.45, 2.75) is 42.1 Å². The minimum Gasteiger partial charge on any atom is -0.369 e. The Hall–Kier alpha value is -2.30. The van der Waals surface area contributed by atoms with E-state index in [1.165, 1.54) is 30.0 Å². The Labute approximate surface area is 199 Å². The molecule has 4 rings (SSSR count). The highest BCUT2D eigenvalue weighted by Gasteiger charge is 2.30. The van der Waals surface area contributed by atoms with Crippen LogP contribution in [0, 0.1) is 29.2 Å². The Kier molecular flexibility index (Phi) is 8.00. The summed E-state index contributed by atoms with van der Waals surface area (Å²) >= 11 is 1.37. The minimum atomic E-state index is -1.59. The number of carbonyl (C=O) groups excluding carboxylic acids is 1. The van der Waals surface area contributed by atoms with Crippen LogP contribution in [0.1, 0.15) is 37.5 Å². The SMILES string of the molecule is O=C(C1CCC(Sc2cc(C(O)Nc3cc(F)c(F)c(F)c3)ccc2F)CC1)N1CCNCC1. The Morgan fingerprint density at radius 3 is 2.29 bits per heavy atom. The number of amides is 1. The van der Waals surface area contributed by atoms with E-state index in [4.69, 9.17) is 0 Å². The first-order valence-corrected chi connectivity index (χ1v) is 12.2. The Bertz CT molecular complexity index is 1000. The average Bonchev–Trinajstić information content (AvgIpc) is 2.84. The molecule has 1 saturated carbocycles. The highest BCUT2D eigenvalue weighted by molar-refractivity contribution is 8.00. The first kappa shape index (κ1) is 24.8. The van der Waals surface area contributed by atoms with Gasteiger partial charge in [-0.1, -0.05) is 6.07 Å². The molecule has 1 unspecified atom stereocenters. The van der Waals surface area contributed by atoms with Crippen molar-refractivity contribution in [2.75, 3.05) is 31.5 Å². The average molecular weight is 498 g/mol. The summed E-state index contributed by atoms with van der Waals surface area (Å²) in [5, 5.41) is 16.3. The van der Waals surface area contributed by atoms with Crippen molar-refractivity contribution in [1.82, 2.24) is 10.2 Å². The minimum absolute atomic E-state index is 0.00801. The van der Waals surface area contributed by atoms with E-state index >= 15 is 0 Å². The summed E-state index contributed by atoms with van der Waals surface area (Å²) in [5.74, 6) is -4.56. The molecule has 1 aliphatic heterocycles. The van der Waals surface area contributed by atoms with Gasteiger partial charge in [-0.05, 0) is 37.8 Å². The van der Waals surface area contributed by atoms with Gasteiger partial charge in [-0.15, -0.1) is 11.8 Å². The Morgan fingerprint density at radius 2 is 1.65 bits per heavy atom. The van der Waals surface area contributed by atoms with Gasteiger partial charge in [-0.3, -0.25) is 4.79 Å². The number of nitrogens with zero attached hydrogens (tertiary/aromatic N) is 1. The zero-order valence-corrected chi connectivity index (χ0v) is 19.3. The number of thioether (sulfide) groups is 1. The Morgan fingerprint density at radius 1 is 1.00 bits per heavy atom. The monoisotopic (exact) mass is 497 g/mol. The molecule has 3 N–H and O–H groups in total. The summed E-state index contributed by atoms with van der Waals surface area (Å²) in [6.07, 6.45) is 1.70.